The molecule has 2 aliphatic carbocycles. The fourth-order valence-corrected chi connectivity index (χ4v) is 9.09. The second-order valence-electron chi connectivity index (χ2n) is 16.0. The Morgan fingerprint density at radius 3 is 2.55 bits per heavy atom. The molecule has 6 rings (SSSR count). The number of nitrogens with zero attached hydrogens (tertiary/aromatic N) is 2. The molecule has 1 aromatic rings. The largest absolute Gasteiger partial charge is 0.450 e. The zero-order chi connectivity index (χ0) is 36.7. The summed E-state index contributed by atoms with van der Waals surface area (Å²) in [6, 6.07) is 3.95. The van der Waals surface area contributed by atoms with Gasteiger partial charge in [0, 0.05) is 26.1 Å². The van der Waals surface area contributed by atoms with Crippen molar-refractivity contribution >= 4 is 45.8 Å². The van der Waals surface area contributed by atoms with Gasteiger partial charge in [0.05, 0.1) is 11.9 Å². The van der Waals surface area contributed by atoms with Crippen molar-refractivity contribution < 1.29 is 37.1 Å². The average molecular weight is 726 g/mol. The summed E-state index contributed by atoms with van der Waals surface area (Å²) in [5, 5.41) is 5.00. The summed E-state index contributed by atoms with van der Waals surface area (Å²) >= 11 is 0. The minimum Gasteiger partial charge on any atom is -0.450 e. The maximum absolute atomic E-state index is 14.4. The summed E-state index contributed by atoms with van der Waals surface area (Å²) in [5.74, 6) is -2.58. The summed E-state index contributed by atoms with van der Waals surface area (Å²) in [5.41, 5.74) is 1.06. The van der Waals surface area contributed by atoms with Crippen LogP contribution in [0.2, 0.25) is 0 Å². The molecule has 5 atom stereocenters. The van der Waals surface area contributed by atoms with E-state index in [0.717, 1.165) is 29.5 Å². The number of benzene rings is 1. The molecule has 51 heavy (non-hydrogen) atoms. The van der Waals surface area contributed by atoms with Crippen molar-refractivity contribution in [3.05, 3.63) is 41.0 Å². The predicted octanol–water partition coefficient (Wildman–Crippen LogP) is 3.37. The number of hydrogen-bond donors (Lipinski definition) is 3. The van der Waals surface area contributed by atoms with Crippen LogP contribution < -0.4 is 15.4 Å². The van der Waals surface area contributed by atoms with Crippen molar-refractivity contribution in [1.29, 1.82) is 0 Å². The molecule has 3 fully saturated rings. The van der Waals surface area contributed by atoms with Gasteiger partial charge in [0.15, 0.2) is 0 Å². The average Bonchev–Trinajstić information content (AvgIpc) is 3.96. The molecule has 0 aromatic heterocycles. The van der Waals surface area contributed by atoms with Crippen LogP contribution in [0.15, 0.2) is 24.3 Å². The zero-order valence-corrected chi connectivity index (χ0v) is 30.9. The molecule has 0 radical (unpaired) electrons. The molecule has 1 aromatic carbocycles. The normalized spacial score (nSPS) is 28.9. The van der Waals surface area contributed by atoms with Crippen LogP contribution in [-0.2, 0) is 47.0 Å². The van der Waals surface area contributed by atoms with Crippen molar-refractivity contribution in [2.45, 2.75) is 121 Å². The van der Waals surface area contributed by atoms with Crippen molar-refractivity contribution in [3.63, 3.8) is 0 Å². The van der Waals surface area contributed by atoms with E-state index in [0.29, 0.717) is 38.8 Å². The van der Waals surface area contributed by atoms with Gasteiger partial charge < -0.3 is 25.2 Å². The van der Waals surface area contributed by atoms with Crippen LogP contribution >= 0.6 is 0 Å². The molecule has 3 N–H and O–H groups in total. The fraction of sp³-hybridized carbons (Fsp3) is 0.649. The highest BCUT2D eigenvalue weighted by Crippen LogP contribution is 2.47. The molecular weight excluding hydrogens is 675 g/mol. The first kappa shape index (κ1) is 36.8. The lowest BCUT2D eigenvalue weighted by atomic mass is 9.85. The maximum atomic E-state index is 14.4. The van der Waals surface area contributed by atoms with E-state index >= 15 is 0 Å². The number of hydrogen-bond acceptors (Lipinski definition) is 8. The molecule has 278 valence electrons. The quantitative estimate of drug-likeness (QED) is 0.401. The Hall–Kier alpha value is -3.94. The third-order valence-corrected chi connectivity index (χ3v) is 12.8. The van der Waals surface area contributed by atoms with Gasteiger partial charge >= 0.3 is 6.09 Å². The number of allylic oxidation sites excluding steroid dienone is 1. The lowest BCUT2D eigenvalue weighted by Crippen LogP contribution is -2.60. The highest BCUT2D eigenvalue weighted by atomic mass is 32.2. The number of nitrogens with one attached hydrogen (secondary N) is 3. The zero-order valence-electron chi connectivity index (χ0n) is 30.0. The van der Waals surface area contributed by atoms with Gasteiger partial charge in [-0.25, -0.2) is 13.2 Å². The highest BCUT2D eigenvalue weighted by molar-refractivity contribution is 7.91. The monoisotopic (exact) mass is 725 g/mol. The van der Waals surface area contributed by atoms with Crippen molar-refractivity contribution in [3.8, 4) is 0 Å². The van der Waals surface area contributed by atoms with E-state index in [1.54, 1.807) is 0 Å². The number of amides is 5. The molecule has 4 bridgehead atoms. The van der Waals surface area contributed by atoms with E-state index in [9.17, 15) is 32.4 Å². The summed E-state index contributed by atoms with van der Waals surface area (Å²) in [6.07, 6.45) is 7.69. The van der Waals surface area contributed by atoms with Gasteiger partial charge in [-0.15, -0.1) is 0 Å². The van der Waals surface area contributed by atoms with E-state index in [1.165, 1.54) is 4.90 Å². The Morgan fingerprint density at radius 2 is 1.86 bits per heavy atom. The lowest BCUT2D eigenvalue weighted by Gasteiger charge is -2.35. The van der Waals surface area contributed by atoms with Crippen LogP contribution in [0.25, 0.3) is 6.08 Å². The first-order valence-corrected chi connectivity index (χ1v) is 19.8. The van der Waals surface area contributed by atoms with E-state index in [-0.39, 0.29) is 50.2 Å². The number of rotatable bonds is 6. The van der Waals surface area contributed by atoms with Crippen LogP contribution in [0.1, 0.15) is 102 Å². The molecule has 5 aliphatic rings. The van der Waals surface area contributed by atoms with Gasteiger partial charge in [-0.3, -0.25) is 23.9 Å². The maximum Gasteiger partial charge on any atom is 0.407 e. The van der Waals surface area contributed by atoms with Crippen molar-refractivity contribution in [2.24, 2.45) is 17.3 Å². The third-order valence-electron chi connectivity index (χ3n) is 11.0. The number of sulfonamides is 1. The van der Waals surface area contributed by atoms with E-state index in [2.05, 4.69) is 27.5 Å². The molecule has 0 unspecified atom stereocenters. The number of carbonyl (C=O) groups excluding carboxylic acids is 5. The summed E-state index contributed by atoms with van der Waals surface area (Å²) in [4.78, 5) is 72.1. The Balaban J connectivity index is 1.27. The molecule has 13 nitrogen and oxygen atoms in total. The second-order valence-corrected chi connectivity index (χ2v) is 17.9. The molecule has 2 saturated carbocycles. The van der Waals surface area contributed by atoms with Gasteiger partial charge in [-0.1, -0.05) is 64.5 Å². The van der Waals surface area contributed by atoms with Gasteiger partial charge in [-0.05, 0) is 78.9 Å². The standard InChI is InChI=1S/C37H51N5O8S/c1-5-26-19-37(26,34(46)40-51(48,49)27-14-15-27)39-32(44)29-17-23-18-30(43)41-21-25-13-10-12-24(28(25)22-41)11-8-6-7-9-16-50-35(47)38-31(36(2,3)4)33(45)42(29)20-23/h8,10-13,23,26-27,29,31H,5-7,9,14-22H2,1-4H3,(H,38,47)(H,39,44)(H,40,46)/t23-,26+,29-,31+,37+/m0/s1. The van der Waals surface area contributed by atoms with Crippen LogP contribution in [0.3, 0.4) is 0 Å². The summed E-state index contributed by atoms with van der Waals surface area (Å²) in [7, 11) is -3.85. The fourth-order valence-electron chi connectivity index (χ4n) is 7.73. The smallest absolute Gasteiger partial charge is 0.407 e. The lowest BCUT2D eigenvalue weighted by molar-refractivity contribution is -0.143. The number of ether oxygens (including phenoxy) is 1. The summed E-state index contributed by atoms with van der Waals surface area (Å²) < 4.78 is 33.0. The number of cyclic esters (lactones) is 1. The predicted molar refractivity (Wildman–Crippen MR) is 189 cm³/mol. The molecule has 14 heteroatoms. The Bertz CT molecular complexity index is 1720. The van der Waals surface area contributed by atoms with Crippen LogP contribution in [0, 0.1) is 17.3 Å². The first-order valence-electron chi connectivity index (χ1n) is 18.3. The van der Waals surface area contributed by atoms with Gasteiger partial charge in [0.25, 0.3) is 5.91 Å². The van der Waals surface area contributed by atoms with Gasteiger partial charge in [-0.2, -0.15) is 0 Å². The minimum absolute atomic E-state index is 0.0857. The second kappa shape index (κ2) is 14.2. The van der Waals surface area contributed by atoms with Crippen LogP contribution in [0.5, 0.6) is 0 Å². The van der Waals surface area contributed by atoms with E-state index < -0.39 is 62.1 Å². The molecule has 5 amide bonds. The van der Waals surface area contributed by atoms with Gasteiger partial charge in [0.1, 0.15) is 17.6 Å². The molecule has 0 spiro atoms. The van der Waals surface area contributed by atoms with Crippen LogP contribution in [0.4, 0.5) is 4.79 Å². The molecule has 1 saturated heterocycles. The van der Waals surface area contributed by atoms with Crippen molar-refractivity contribution in [2.75, 3.05) is 13.2 Å². The Morgan fingerprint density at radius 1 is 1.10 bits per heavy atom. The molecular formula is C37H51N5O8S. The Kier molecular flexibility index (Phi) is 10.3. The first-order chi connectivity index (χ1) is 24.1. The number of alkyl carbamates (subject to hydrolysis) is 1. The Labute approximate surface area is 300 Å². The minimum atomic E-state index is -3.85. The van der Waals surface area contributed by atoms with E-state index in [1.807, 2.05) is 50.8 Å². The highest BCUT2D eigenvalue weighted by Gasteiger charge is 2.62. The van der Waals surface area contributed by atoms with E-state index in [4.69, 9.17) is 4.74 Å². The van der Waals surface area contributed by atoms with Crippen molar-refractivity contribution in [1.82, 2.24) is 25.2 Å². The molecule has 3 aliphatic heterocycles. The van der Waals surface area contributed by atoms with Crippen LogP contribution in [-0.4, -0.2) is 84.0 Å². The number of carbonyl (C=O) groups is 5. The summed E-state index contributed by atoms with van der Waals surface area (Å²) in [6.45, 7) is 8.51. The topological polar surface area (TPSA) is 171 Å². The third kappa shape index (κ3) is 7.95. The van der Waals surface area contributed by atoms with Gasteiger partial charge in [0.2, 0.25) is 27.7 Å². The number of fused-ring (bicyclic) bond motifs is 3. The molecule has 3 heterocycles. The SMILES string of the molecule is CC[C@@H]1C[C@]1(NC(=O)[C@@H]1C[C@H]2CC(=O)N3Cc4cccc(c4C3)C=CCCCCOC(=O)N[C@@H](C(C)(C)C)C(=O)N1C2)C(=O)NS(=O)(=O)C1CC1.